The standard InChI is InChI=1S/C10H20N2O4/c1-2-7(11)10(15)16-6-4-3-5-8(12)9(13)14/h7-8H,2-6,11-12H2,1H3,(H,13,14). The van der Waals surface area contributed by atoms with Crippen LogP contribution in [0.3, 0.4) is 0 Å². The van der Waals surface area contributed by atoms with Gasteiger partial charge in [-0.15, -0.1) is 0 Å². The van der Waals surface area contributed by atoms with Crippen LogP contribution in [-0.2, 0) is 14.3 Å². The SMILES string of the molecule is CCC(N)C(=O)OCCCCC(N)C(=O)O. The summed E-state index contributed by atoms with van der Waals surface area (Å²) in [7, 11) is 0. The van der Waals surface area contributed by atoms with Crippen molar-refractivity contribution in [3.8, 4) is 0 Å². The summed E-state index contributed by atoms with van der Waals surface area (Å²) in [6.07, 6.45) is 2.14. The van der Waals surface area contributed by atoms with E-state index in [1.54, 1.807) is 6.92 Å². The van der Waals surface area contributed by atoms with Crippen molar-refractivity contribution in [2.24, 2.45) is 11.5 Å². The first-order chi connectivity index (χ1) is 7.49. The Morgan fingerprint density at radius 1 is 1.25 bits per heavy atom. The van der Waals surface area contributed by atoms with Crippen LogP contribution in [0.4, 0.5) is 0 Å². The number of aliphatic carboxylic acids is 1. The predicted molar refractivity (Wildman–Crippen MR) is 58.7 cm³/mol. The van der Waals surface area contributed by atoms with E-state index in [0.717, 1.165) is 0 Å². The number of unbranched alkanes of at least 4 members (excludes halogenated alkanes) is 1. The number of hydrogen-bond donors (Lipinski definition) is 3. The van der Waals surface area contributed by atoms with E-state index in [1.165, 1.54) is 0 Å². The maximum absolute atomic E-state index is 11.1. The molecule has 0 amide bonds. The van der Waals surface area contributed by atoms with Crippen molar-refractivity contribution in [3.63, 3.8) is 0 Å². The molecule has 0 aromatic heterocycles. The summed E-state index contributed by atoms with van der Waals surface area (Å²) in [4.78, 5) is 21.5. The minimum atomic E-state index is -1.01. The lowest BCUT2D eigenvalue weighted by atomic mass is 10.1. The molecule has 0 fully saturated rings. The minimum absolute atomic E-state index is 0.263. The number of rotatable bonds is 8. The number of carboxylic acid groups (broad SMARTS) is 1. The first-order valence-corrected chi connectivity index (χ1v) is 5.39. The molecule has 2 atom stereocenters. The summed E-state index contributed by atoms with van der Waals surface area (Å²) in [6, 6.07) is -1.41. The van der Waals surface area contributed by atoms with Gasteiger partial charge in [0.15, 0.2) is 0 Å². The first kappa shape index (κ1) is 14.9. The van der Waals surface area contributed by atoms with E-state index in [-0.39, 0.29) is 6.61 Å². The van der Waals surface area contributed by atoms with Crippen LogP contribution >= 0.6 is 0 Å². The molecule has 0 heterocycles. The highest BCUT2D eigenvalue weighted by Gasteiger charge is 2.13. The molecule has 5 N–H and O–H groups in total. The van der Waals surface area contributed by atoms with Gasteiger partial charge in [-0.3, -0.25) is 9.59 Å². The average Bonchev–Trinajstić information content (AvgIpc) is 2.26. The van der Waals surface area contributed by atoms with Crippen LogP contribution in [0.5, 0.6) is 0 Å². The maximum Gasteiger partial charge on any atom is 0.322 e. The molecule has 0 saturated carbocycles. The molecule has 0 saturated heterocycles. The van der Waals surface area contributed by atoms with Gasteiger partial charge in [0.05, 0.1) is 6.61 Å². The molecular formula is C10H20N2O4. The number of carbonyl (C=O) groups excluding carboxylic acids is 1. The third-order valence-corrected chi connectivity index (χ3v) is 2.21. The Hall–Kier alpha value is -1.14. The van der Waals surface area contributed by atoms with Crippen molar-refractivity contribution in [2.45, 2.75) is 44.7 Å². The van der Waals surface area contributed by atoms with Gasteiger partial charge in [-0.25, -0.2) is 0 Å². The minimum Gasteiger partial charge on any atom is -0.480 e. The van der Waals surface area contributed by atoms with Gasteiger partial charge < -0.3 is 21.3 Å². The number of carbonyl (C=O) groups is 2. The van der Waals surface area contributed by atoms with Gasteiger partial charge >= 0.3 is 11.9 Å². The van der Waals surface area contributed by atoms with Gasteiger partial charge in [0.1, 0.15) is 12.1 Å². The van der Waals surface area contributed by atoms with Gasteiger partial charge in [-0.2, -0.15) is 0 Å². The van der Waals surface area contributed by atoms with E-state index in [9.17, 15) is 9.59 Å². The van der Waals surface area contributed by atoms with Crippen molar-refractivity contribution in [1.82, 2.24) is 0 Å². The third kappa shape index (κ3) is 6.36. The van der Waals surface area contributed by atoms with Crippen molar-refractivity contribution in [2.75, 3.05) is 6.61 Å². The van der Waals surface area contributed by atoms with E-state index in [1.807, 2.05) is 0 Å². The summed E-state index contributed by atoms with van der Waals surface area (Å²) in [6.45, 7) is 2.07. The number of hydrogen-bond acceptors (Lipinski definition) is 5. The zero-order chi connectivity index (χ0) is 12.6. The van der Waals surface area contributed by atoms with Crippen molar-refractivity contribution in [3.05, 3.63) is 0 Å². The van der Waals surface area contributed by atoms with Crippen LogP contribution < -0.4 is 11.5 Å². The second-order valence-corrected chi connectivity index (χ2v) is 3.62. The molecular weight excluding hydrogens is 212 g/mol. The normalized spacial score (nSPS) is 14.2. The van der Waals surface area contributed by atoms with Gasteiger partial charge in [0, 0.05) is 0 Å². The van der Waals surface area contributed by atoms with E-state index >= 15 is 0 Å². The fraction of sp³-hybridized carbons (Fsp3) is 0.800. The Bertz CT molecular complexity index is 233. The largest absolute Gasteiger partial charge is 0.480 e. The molecule has 0 spiro atoms. The highest BCUT2D eigenvalue weighted by molar-refractivity contribution is 5.75. The van der Waals surface area contributed by atoms with E-state index in [4.69, 9.17) is 21.3 Å². The number of ether oxygens (including phenoxy) is 1. The molecule has 0 bridgehead atoms. The van der Waals surface area contributed by atoms with Crippen LogP contribution in [0.1, 0.15) is 32.6 Å². The summed E-state index contributed by atoms with van der Waals surface area (Å²) in [5.74, 6) is -1.42. The monoisotopic (exact) mass is 232 g/mol. The second-order valence-electron chi connectivity index (χ2n) is 3.62. The lowest BCUT2D eigenvalue weighted by Crippen LogP contribution is -2.32. The number of nitrogens with two attached hydrogens (primary N) is 2. The number of esters is 1. The highest BCUT2D eigenvalue weighted by atomic mass is 16.5. The topological polar surface area (TPSA) is 116 Å². The Morgan fingerprint density at radius 3 is 2.38 bits per heavy atom. The first-order valence-electron chi connectivity index (χ1n) is 5.39. The summed E-state index contributed by atoms with van der Waals surface area (Å²) in [5, 5.41) is 8.50. The Balaban J connectivity index is 3.47. The fourth-order valence-corrected chi connectivity index (χ4v) is 1.04. The molecule has 0 aliphatic carbocycles. The predicted octanol–water partition coefficient (Wildman–Crippen LogP) is -0.151. The zero-order valence-electron chi connectivity index (χ0n) is 9.52. The molecule has 2 unspecified atom stereocenters. The maximum atomic E-state index is 11.1. The van der Waals surface area contributed by atoms with Crippen LogP contribution in [0.25, 0.3) is 0 Å². The Kier molecular flexibility index (Phi) is 7.49. The van der Waals surface area contributed by atoms with Crippen molar-refractivity contribution < 1.29 is 19.4 Å². The molecule has 6 nitrogen and oxygen atoms in total. The molecule has 0 aromatic carbocycles. The van der Waals surface area contributed by atoms with E-state index < -0.39 is 24.0 Å². The van der Waals surface area contributed by atoms with E-state index in [2.05, 4.69) is 0 Å². The Labute approximate surface area is 94.9 Å². The van der Waals surface area contributed by atoms with Gasteiger partial charge in [-0.05, 0) is 25.7 Å². The number of carboxylic acids is 1. The average molecular weight is 232 g/mol. The Morgan fingerprint density at radius 2 is 1.88 bits per heavy atom. The van der Waals surface area contributed by atoms with Gasteiger partial charge in [0.2, 0.25) is 0 Å². The highest BCUT2D eigenvalue weighted by Crippen LogP contribution is 2.00. The fourth-order valence-electron chi connectivity index (χ4n) is 1.04. The molecule has 0 radical (unpaired) electrons. The van der Waals surface area contributed by atoms with Crippen LogP contribution in [0.15, 0.2) is 0 Å². The zero-order valence-corrected chi connectivity index (χ0v) is 9.52. The quantitative estimate of drug-likeness (QED) is 0.396. The molecule has 94 valence electrons. The van der Waals surface area contributed by atoms with Crippen molar-refractivity contribution in [1.29, 1.82) is 0 Å². The van der Waals surface area contributed by atoms with E-state index in [0.29, 0.717) is 25.7 Å². The second kappa shape index (κ2) is 8.06. The summed E-state index contributed by atoms with van der Waals surface area (Å²) >= 11 is 0. The van der Waals surface area contributed by atoms with Crippen LogP contribution in [0, 0.1) is 0 Å². The van der Waals surface area contributed by atoms with Crippen LogP contribution in [0.2, 0.25) is 0 Å². The molecule has 0 aromatic rings. The van der Waals surface area contributed by atoms with Gasteiger partial charge in [0.25, 0.3) is 0 Å². The molecule has 16 heavy (non-hydrogen) atoms. The van der Waals surface area contributed by atoms with Crippen molar-refractivity contribution >= 4 is 11.9 Å². The summed E-state index contributed by atoms with van der Waals surface area (Å²) in [5.41, 5.74) is 10.7. The smallest absolute Gasteiger partial charge is 0.322 e. The third-order valence-electron chi connectivity index (χ3n) is 2.21. The summed E-state index contributed by atoms with van der Waals surface area (Å²) < 4.78 is 4.88. The molecule has 0 rings (SSSR count). The molecule has 6 heteroatoms. The lowest BCUT2D eigenvalue weighted by Gasteiger charge is -2.09. The molecule has 0 aliphatic heterocycles. The van der Waals surface area contributed by atoms with Gasteiger partial charge in [-0.1, -0.05) is 6.92 Å². The molecule has 0 aliphatic rings. The van der Waals surface area contributed by atoms with Crippen LogP contribution in [-0.4, -0.2) is 35.7 Å². The lowest BCUT2D eigenvalue weighted by molar-refractivity contribution is -0.145.